The molecule has 0 bridgehead atoms. The number of hydrogen-bond donors (Lipinski definition) is 1. The van der Waals surface area contributed by atoms with Crippen LogP contribution < -0.4 is 10.1 Å². The largest absolute Gasteiger partial charge is 0.497 e. The molecule has 2 atom stereocenters. The van der Waals surface area contributed by atoms with Crippen molar-refractivity contribution in [2.45, 2.75) is 25.5 Å². The van der Waals surface area contributed by atoms with E-state index in [2.05, 4.69) is 24.4 Å². The summed E-state index contributed by atoms with van der Waals surface area (Å²) in [7, 11) is 1.68. The number of nitrogens with one attached hydrogen (secondary N) is 1. The van der Waals surface area contributed by atoms with E-state index in [1.807, 2.05) is 12.1 Å². The quantitative estimate of drug-likeness (QED) is 0.870. The minimum Gasteiger partial charge on any atom is -0.497 e. The lowest BCUT2D eigenvalue weighted by atomic mass is 10.1. The van der Waals surface area contributed by atoms with E-state index in [1.54, 1.807) is 7.11 Å². The van der Waals surface area contributed by atoms with Crippen LogP contribution in [0.15, 0.2) is 24.3 Å². The van der Waals surface area contributed by atoms with Gasteiger partial charge in [0, 0.05) is 12.6 Å². The summed E-state index contributed by atoms with van der Waals surface area (Å²) in [5.74, 6) is 0.888. The summed E-state index contributed by atoms with van der Waals surface area (Å²) in [4.78, 5) is 0. The van der Waals surface area contributed by atoms with E-state index in [1.165, 1.54) is 5.56 Å². The van der Waals surface area contributed by atoms with Crippen LogP contribution in [0.25, 0.3) is 0 Å². The third-order valence-electron chi connectivity index (χ3n) is 3.24. The number of rotatable bonds is 5. The number of benzene rings is 1. The Balaban J connectivity index is 1.80. The highest BCUT2D eigenvalue weighted by Crippen LogP contribution is 2.17. The zero-order chi connectivity index (χ0) is 12.8. The summed E-state index contributed by atoms with van der Waals surface area (Å²) in [6, 6.07) is 8.45. The predicted octanol–water partition coefficient (Wildman–Crippen LogP) is 2.11. The molecule has 1 aliphatic heterocycles. The van der Waals surface area contributed by atoms with Crippen molar-refractivity contribution in [1.29, 1.82) is 0 Å². The predicted molar refractivity (Wildman–Crippen MR) is 69.7 cm³/mol. The Kier molecular flexibility index (Phi) is 4.99. The van der Waals surface area contributed by atoms with Crippen molar-refractivity contribution in [1.82, 2.24) is 5.32 Å². The molecule has 1 aromatic carbocycles. The molecule has 0 aromatic heterocycles. The fourth-order valence-corrected chi connectivity index (χ4v) is 1.98. The molecular formula is C14H21NO3. The highest BCUT2D eigenvalue weighted by Gasteiger charge is 2.15. The van der Waals surface area contributed by atoms with Crippen molar-refractivity contribution < 1.29 is 14.2 Å². The van der Waals surface area contributed by atoms with Gasteiger partial charge in [-0.1, -0.05) is 12.1 Å². The molecule has 1 aromatic rings. The maximum atomic E-state index is 5.50. The molecule has 0 radical (unpaired) electrons. The van der Waals surface area contributed by atoms with Crippen molar-refractivity contribution in [2.24, 2.45) is 0 Å². The van der Waals surface area contributed by atoms with Gasteiger partial charge in [0.25, 0.3) is 0 Å². The highest BCUT2D eigenvalue weighted by molar-refractivity contribution is 5.28. The van der Waals surface area contributed by atoms with Crippen LogP contribution in [0, 0.1) is 0 Å². The molecule has 0 spiro atoms. The lowest BCUT2D eigenvalue weighted by Crippen LogP contribution is -2.35. The van der Waals surface area contributed by atoms with Gasteiger partial charge < -0.3 is 19.5 Å². The smallest absolute Gasteiger partial charge is 0.147 e. The average Bonchev–Trinajstić information content (AvgIpc) is 2.46. The molecule has 18 heavy (non-hydrogen) atoms. The first-order chi connectivity index (χ1) is 8.79. The molecule has 1 fully saturated rings. The van der Waals surface area contributed by atoms with E-state index >= 15 is 0 Å². The Morgan fingerprint density at radius 3 is 2.78 bits per heavy atom. The molecule has 1 N–H and O–H groups in total. The lowest BCUT2D eigenvalue weighted by molar-refractivity contribution is -0.137. The lowest BCUT2D eigenvalue weighted by Gasteiger charge is -2.25. The zero-order valence-corrected chi connectivity index (χ0v) is 11.0. The average molecular weight is 251 g/mol. The monoisotopic (exact) mass is 251 g/mol. The van der Waals surface area contributed by atoms with Crippen molar-refractivity contribution in [3.63, 3.8) is 0 Å². The van der Waals surface area contributed by atoms with Gasteiger partial charge in [-0.25, -0.2) is 0 Å². The molecule has 0 amide bonds. The molecule has 4 nitrogen and oxygen atoms in total. The molecule has 1 unspecified atom stereocenters. The van der Waals surface area contributed by atoms with Crippen LogP contribution in [0.2, 0.25) is 0 Å². The van der Waals surface area contributed by atoms with Crippen LogP contribution in [0.1, 0.15) is 24.9 Å². The first kappa shape index (κ1) is 13.3. The Morgan fingerprint density at radius 1 is 1.39 bits per heavy atom. The Labute approximate surface area is 108 Å². The van der Waals surface area contributed by atoms with Crippen molar-refractivity contribution in [3.8, 4) is 5.75 Å². The van der Waals surface area contributed by atoms with E-state index < -0.39 is 0 Å². The summed E-state index contributed by atoms with van der Waals surface area (Å²) in [6.45, 7) is 4.23. The number of hydrogen-bond acceptors (Lipinski definition) is 4. The summed E-state index contributed by atoms with van der Waals surface area (Å²) < 4.78 is 15.8. The van der Waals surface area contributed by atoms with Crippen LogP contribution in [0.4, 0.5) is 0 Å². The first-order valence-corrected chi connectivity index (χ1v) is 6.36. The van der Waals surface area contributed by atoms with Gasteiger partial charge >= 0.3 is 0 Å². The molecular weight excluding hydrogens is 230 g/mol. The summed E-state index contributed by atoms with van der Waals surface area (Å²) >= 11 is 0. The van der Waals surface area contributed by atoms with Crippen molar-refractivity contribution in [2.75, 3.05) is 27.1 Å². The van der Waals surface area contributed by atoms with Crippen LogP contribution in [-0.2, 0) is 9.47 Å². The maximum absolute atomic E-state index is 5.50. The minimum atomic E-state index is 0.263. The molecule has 100 valence electrons. The maximum Gasteiger partial charge on any atom is 0.147 e. The molecule has 0 aliphatic carbocycles. The van der Waals surface area contributed by atoms with Crippen LogP contribution >= 0.6 is 0 Å². The van der Waals surface area contributed by atoms with Gasteiger partial charge in [-0.2, -0.15) is 0 Å². The topological polar surface area (TPSA) is 39.7 Å². The Morgan fingerprint density at radius 2 is 2.17 bits per heavy atom. The van der Waals surface area contributed by atoms with Gasteiger partial charge in [0.2, 0.25) is 0 Å². The number of methoxy groups -OCH3 is 1. The van der Waals surface area contributed by atoms with E-state index in [4.69, 9.17) is 14.2 Å². The van der Waals surface area contributed by atoms with Crippen LogP contribution in [0.5, 0.6) is 5.75 Å². The van der Waals surface area contributed by atoms with Gasteiger partial charge in [-0.3, -0.25) is 0 Å². The number of ether oxygens (including phenoxy) is 3. The van der Waals surface area contributed by atoms with Crippen molar-refractivity contribution >= 4 is 0 Å². The second-order valence-corrected chi connectivity index (χ2v) is 4.51. The zero-order valence-electron chi connectivity index (χ0n) is 11.0. The first-order valence-electron chi connectivity index (χ1n) is 6.36. The molecule has 1 saturated heterocycles. The van der Waals surface area contributed by atoms with Gasteiger partial charge in [0.05, 0.1) is 19.8 Å². The van der Waals surface area contributed by atoms with E-state index in [9.17, 15) is 0 Å². The van der Waals surface area contributed by atoms with Gasteiger partial charge in [-0.05, 0) is 31.0 Å². The standard InChI is InChI=1S/C14H21NO3/c1-11(12-3-5-13(16-2)6-4-12)15-9-14-7-8-17-10-18-14/h3-6,11,14-15H,7-10H2,1-2H3/t11-,14?/m1/s1. The van der Waals surface area contributed by atoms with Crippen molar-refractivity contribution in [3.05, 3.63) is 29.8 Å². The summed E-state index contributed by atoms with van der Waals surface area (Å²) in [5, 5.41) is 3.48. The molecule has 2 rings (SSSR count). The Bertz CT molecular complexity index is 347. The Hall–Kier alpha value is -1.10. The van der Waals surface area contributed by atoms with Gasteiger partial charge in [-0.15, -0.1) is 0 Å². The molecule has 1 heterocycles. The summed E-state index contributed by atoms with van der Waals surface area (Å²) in [5.41, 5.74) is 1.25. The highest BCUT2D eigenvalue weighted by atomic mass is 16.7. The van der Waals surface area contributed by atoms with E-state index in [0.29, 0.717) is 12.8 Å². The molecule has 0 saturated carbocycles. The second kappa shape index (κ2) is 6.73. The third kappa shape index (κ3) is 3.70. The SMILES string of the molecule is COc1ccc([C@@H](C)NCC2CCOCO2)cc1. The van der Waals surface area contributed by atoms with Crippen LogP contribution in [-0.4, -0.2) is 33.2 Å². The second-order valence-electron chi connectivity index (χ2n) is 4.51. The normalized spacial score (nSPS) is 21.6. The van der Waals surface area contributed by atoms with E-state index in [-0.39, 0.29) is 6.10 Å². The van der Waals surface area contributed by atoms with E-state index in [0.717, 1.165) is 25.3 Å². The van der Waals surface area contributed by atoms with Gasteiger partial charge in [0.15, 0.2) is 0 Å². The molecule has 1 aliphatic rings. The summed E-state index contributed by atoms with van der Waals surface area (Å²) in [6.07, 6.45) is 1.22. The fraction of sp³-hybridized carbons (Fsp3) is 0.571. The minimum absolute atomic E-state index is 0.263. The van der Waals surface area contributed by atoms with Crippen LogP contribution in [0.3, 0.4) is 0 Å². The third-order valence-corrected chi connectivity index (χ3v) is 3.24. The fourth-order valence-electron chi connectivity index (χ4n) is 1.98. The van der Waals surface area contributed by atoms with Gasteiger partial charge in [0.1, 0.15) is 12.5 Å². The molecule has 4 heteroatoms.